The molecule has 2 amide bonds. The summed E-state index contributed by atoms with van der Waals surface area (Å²) in [6, 6.07) is 6.53. The van der Waals surface area contributed by atoms with Crippen LogP contribution in [0, 0.1) is 0 Å². The fraction of sp³-hybridized carbons (Fsp3) is 0.462. The molecular formula is C13H18ClN3O4S. The molecule has 0 atom stereocenters. The summed E-state index contributed by atoms with van der Waals surface area (Å²) in [4.78, 5) is 13.5. The molecule has 2 rings (SSSR count). The maximum Gasteiger partial charge on any atom is 0.320 e. The lowest BCUT2D eigenvalue weighted by Crippen LogP contribution is -2.53. The van der Waals surface area contributed by atoms with Crippen LogP contribution in [0.25, 0.3) is 0 Å². The number of ether oxygens (including phenoxy) is 1. The van der Waals surface area contributed by atoms with E-state index in [1.165, 1.54) is 10.6 Å². The van der Waals surface area contributed by atoms with Gasteiger partial charge in [0, 0.05) is 31.2 Å². The highest BCUT2D eigenvalue weighted by Gasteiger charge is 2.25. The molecule has 7 nitrogen and oxygen atoms in total. The number of carbonyl (C=O) groups excluding carboxylic acids is 1. The lowest BCUT2D eigenvalue weighted by Gasteiger charge is -2.33. The quantitative estimate of drug-likeness (QED) is 0.823. The molecule has 1 heterocycles. The number of carbonyl (C=O) groups is 1. The van der Waals surface area contributed by atoms with E-state index in [9.17, 15) is 13.2 Å². The molecule has 1 aromatic rings. The van der Waals surface area contributed by atoms with E-state index >= 15 is 0 Å². The number of benzene rings is 1. The molecular weight excluding hydrogens is 330 g/mol. The molecule has 1 aromatic carbocycles. The third-order valence-electron chi connectivity index (χ3n) is 3.27. The Hall–Kier alpha value is -1.51. The van der Waals surface area contributed by atoms with Crippen molar-refractivity contribution in [3.63, 3.8) is 0 Å². The monoisotopic (exact) mass is 347 g/mol. The van der Waals surface area contributed by atoms with Crippen molar-refractivity contribution in [3.8, 4) is 5.75 Å². The summed E-state index contributed by atoms with van der Waals surface area (Å²) >= 11 is 5.76. The van der Waals surface area contributed by atoms with Crippen LogP contribution < -0.4 is 10.1 Å². The Kier molecular flexibility index (Phi) is 5.49. The molecule has 1 saturated heterocycles. The van der Waals surface area contributed by atoms with E-state index in [-0.39, 0.29) is 12.8 Å². The predicted octanol–water partition coefficient (Wildman–Crippen LogP) is 0.963. The van der Waals surface area contributed by atoms with Crippen molar-refractivity contribution in [2.45, 2.75) is 0 Å². The Morgan fingerprint density at radius 3 is 2.36 bits per heavy atom. The van der Waals surface area contributed by atoms with Gasteiger partial charge in [0.15, 0.2) is 6.73 Å². The topological polar surface area (TPSA) is 79.0 Å². The van der Waals surface area contributed by atoms with Crippen molar-refractivity contribution in [2.75, 3.05) is 39.2 Å². The number of nitrogens with one attached hydrogen (secondary N) is 1. The van der Waals surface area contributed by atoms with Gasteiger partial charge in [0.2, 0.25) is 10.0 Å². The van der Waals surface area contributed by atoms with Crippen LogP contribution in [-0.4, -0.2) is 62.8 Å². The van der Waals surface area contributed by atoms with Gasteiger partial charge >= 0.3 is 6.03 Å². The molecule has 0 saturated carbocycles. The van der Waals surface area contributed by atoms with Crippen LogP contribution in [0.1, 0.15) is 0 Å². The van der Waals surface area contributed by atoms with E-state index in [4.69, 9.17) is 16.3 Å². The Morgan fingerprint density at radius 2 is 1.82 bits per heavy atom. The third kappa shape index (κ3) is 4.75. The Balaban J connectivity index is 1.73. The highest BCUT2D eigenvalue weighted by Crippen LogP contribution is 2.15. The minimum absolute atomic E-state index is 0.0345. The molecule has 0 bridgehead atoms. The van der Waals surface area contributed by atoms with Gasteiger partial charge in [-0.25, -0.2) is 13.2 Å². The molecule has 0 unspecified atom stereocenters. The SMILES string of the molecule is CS(=O)(=O)N1CCN(C(=O)NCOc2ccc(Cl)cc2)CC1. The number of urea groups is 1. The first-order chi connectivity index (χ1) is 10.4. The van der Waals surface area contributed by atoms with Crippen LogP contribution in [0.3, 0.4) is 0 Å². The van der Waals surface area contributed by atoms with Gasteiger partial charge in [0.1, 0.15) is 5.75 Å². The summed E-state index contributed by atoms with van der Waals surface area (Å²) < 4.78 is 29.5. The Morgan fingerprint density at radius 1 is 1.23 bits per heavy atom. The van der Waals surface area contributed by atoms with Gasteiger partial charge in [-0.05, 0) is 24.3 Å². The van der Waals surface area contributed by atoms with Crippen LogP contribution in [0.15, 0.2) is 24.3 Å². The van der Waals surface area contributed by atoms with E-state index in [0.29, 0.717) is 37.0 Å². The summed E-state index contributed by atoms with van der Waals surface area (Å²) in [6.45, 7) is 1.38. The molecule has 9 heteroatoms. The van der Waals surface area contributed by atoms with Crippen LogP contribution in [0.5, 0.6) is 5.75 Å². The number of halogens is 1. The second-order valence-corrected chi connectivity index (χ2v) is 7.29. The van der Waals surface area contributed by atoms with Crippen molar-refractivity contribution < 1.29 is 17.9 Å². The summed E-state index contributed by atoms with van der Waals surface area (Å²) in [5.74, 6) is 0.603. The van der Waals surface area contributed by atoms with Crippen LogP contribution >= 0.6 is 11.6 Å². The maximum absolute atomic E-state index is 11.9. The summed E-state index contributed by atoms with van der Waals surface area (Å²) in [5.41, 5.74) is 0. The number of sulfonamides is 1. The van der Waals surface area contributed by atoms with Gasteiger partial charge in [0.25, 0.3) is 0 Å². The first-order valence-corrected chi connectivity index (χ1v) is 8.95. The van der Waals surface area contributed by atoms with Crippen LogP contribution in [-0.2, 0) is 10.0 Å². The number of rotatable bonds is 4. The van der Waals surface area contributed by atoms with Gasteiger partial charge in [-0.1, -0.05) is 11.6 Å². The normalized spacial score (nSPS) is 16.4. The van der Waals surface area contributed by atoms with Crippen LogP contribution in [0.2, 0.25) is 5.02 Å². The predicted molar refractivity (Wildman–Crippen MR) is 83.5 cm³/mol. The van der Waals surface area contributed by atoms with E-state index < -0.39 is 10.0 Å². The van der Waals surface area contributed by atoms with Gasteiger partial charge < -0.3 is 15.0 Å². The summed E-state index contributed by atoms with van der Waals surface area (Å²) in [6.07, 6.45) is 1.17. The second kappa shape index (κ2) is 7.17. The van der Waals surface area contributed by atoms with Crippen molar-refractivity contribution in [1.82, 2.24) is 14.5 Å². The van der Waals surface area contributed by atoms with E-state index in [1.807, 2.05) is 0 Å². The van der Waals surface area contributed by atoms with Gasteiger partial charge in [-0.15, -0.1) is 0 Å². The number of amides is 2. The molecule has 22 heavy (non-hydrogen) atoms. The zero-order valence-corrected chi connectivity index (χ0v) is 13.7. The summed E-state index contributed by atoms with van der Waals surface area (Å²) in [5, 5.41) is 3.24. The molecule has 0 aromatic heterocycles. The zero-order chi connectivity index (χ0) is 16.2. The average Bonchev–Trinajstić information content (AvgIpc) is 2.48. The van der Waals surface area contributed by atoms with Crippen LogP contribution in [0.4, 0.5) is 4.79 Å². The number of piperazine rings is 1. The van der Waals surface area contributed by atoms with Crippen molar-refractivity contribution in [2.24, 2.45) is 0 Å². The molecule has 1 aliphatic rings. The molecule has 0 spiro atoms. The van der Waals surface area contributed by atoms with Gasteiger partial charge in [-0.2, -0.15) is 4.31 Å². The third-order valence-corrected chi connectivity index (χ3v) is 4.83. The van der Waals surface area contributed by atoms with E-state index in [1.54, 1.807) is 29.2 Å². The van der Waals surface area contributed by atoms with Crippen molar-refractivity contribution in [1.29, 1.82) is 0 Å². The number of hydrogen-bond acceptors (Lipinski definition) is 4. The van der Waals surface area contributed by atoms with E-state index in [2.05, 4.69) is 5.32 Å². The lowest BCUT2D eigenvalue weighted by molar-refractivity contribution is 0.162. The summed E-state index contributed by atoms with van der Waals surface area (Å²) in [7, 11) is -3.19. The molecule has 1 aliphatic heterocycles. The minimum Gasteiger partial charge on any atom is -0.473 e. The first kappa shape index (κ1) is 16.9. The molecule has 122 valence electrons. The molecule has 0 radical (unpaired) electrons. The maximum atomic E-state index is 11.9. The fourth-order valence-corrected chi connectivity index (χ4v) is 3.00. The number of hydrogen-bond donors (Lipinski definition) is 1. The van der Waals surface area contributed by atoms with Crippen molar-refractivity contribution in [3.05, 3.63) is 29.3 Å². The Labute approximate surface area is 134 Å². The minimum atomic E-state index is -3.19. The standard InChI is InChI=1S/C13H18ClN3O4S/c1-22(19,20)17-8-6-16(7-9-17)13(18)15-10-21-12-4-2-11(14)3-5-12/h2-5H,6-10H2,1H3,(H,15,18). The molecule has 0 aliphatic carbocycles. The van der Waals surface area contributed by atoms with Gasteiger partial charge in [-0.3, -0.25) is 0 Å². The lowest BCUT2D eigenvalue weighted by atomic mass is 10.3. The smallest absolute Gasteiger partial charge is 0.320 e. The highest BCUT2D eigenvalue weighted by atomic mass is 35.5. The van der Waals surface area contributed by atoms with Gasteiger partial charge in [0.05, 0.1) is 6.26 Å². The molecule has 1 fully saturated rings. The Bertz CT molecular complexity index is 613. The first-order valence-electron chi connectivity index (χ1n) is 6.72. The molecule has 1 N–H and O–H groups in total. The highest BCUT2D eigenvalue weighted by molar-refractivity contribution is 7.88. The second-order valence-electron chi connectivity index (χ2n) is 4.87. The van der Waals surface area contributed by atoms with E-state index in [0.717, 1.165) is 0 Å². The van der Waals surface area contributed by atoms with Crippen molar-refractivity contribution >= 4 is 27.7 Å². The zero-order valence-electron chi connectivity index (χ0n) is 12.2. The average molecular weight is 348 g/mol. The number of nitrogens with zero attached hydrogens (tertiary/aromatic N) is 2. The largest absolute Gasteiger partial charge is 0.473 e. The fourth-order valence-electron chi connectivity index (χ4n) is 2.05.